The van der Waals surface area contributed by atoms with Gasteiger partial charge in [-0.05, 0) is 39.5 Å². The summed E-state index contributed by atoms with van der Waals surface area (Å²) in [5.41, 5.74) is 6.22. The van der Waals surface area contributed by atoms with Gasteiger partial charge in [0.2, 0.25) is 0 Å². The van der Waals surface area contributed by atoms with Crippen LogP contribution in [-0.2, 0) is 0 Å². The van der Waals surface area contributed by atoms with Crippen molar-refractivity contribution in [3.63, 3.8) is 0 Å². The predicted octanol–water partition coefficient (Wildman–Crippen LogP) is 4.70. The number of hydrogen-bond acceptors (Lipinski definition) is 1. The maximum atomic E-state index is 8.93. The quantitative estimate of drug-likeness (QED) is 0.406. The van der Waals surface area contributed by atoms with Crippen molar-refractivity contribution in [2.75, 3.05) is 6.61 Å². The minimum absolute atomic E-state index is 0.243. The van der Waals surface area contributed by atoms with Crippen molar-refractivity contribution >= 4 is 8.07 Å². The van der Waals surface area contributed by atoms with Crippen LogP contribution >= 0.6 is 0 Å². The van der Waals surface area contributed by atoms with E-state index in [1.165, 1.54) is 11.1 Å². The molecule has 1 N–H and O–H groups in total. The van der Waals surface area contributed by atoms with E-state index < -0.39 is 8.07 Å². The molecule has 0 unspecified atom stereocenters. The smallest absolute Gasteiger partial charge is 0.129 e. The maximum absolute atomic E-state index is 8.93. The Kier molecular flexibility index (Phi) is 9.64. The molecule has 0 heterocycles. The maximum Gasteiger partial charge on any atom is 0.129 e. The van der Waals surface area contributed by atoms with E-state index in [1.54, 1.807) is 0 Å². The van der Waals surface area contributed by atoms with Crippen LogP contribution in [0.25, 0.3) is 0 Å². The number of hydrogen-bond donors (Lipinski definition) is 1. The van der Waals surface area contributed by atoms with E-state index in [9.17, 15) is 0 Å². The highest BCUT2D eigenvalue weighted by Crippen LogP contribution is 2.14. The molecule has 0 radical (unpaired) electrons. The van der Waals surface area contributed by atoms with Gasteiger partial charge in [-0.1, -0.05) is 42.9 Å². The average Bonchev–Trinajstić information content (AvgIpc) is 2.28. The van der Waals surface area contributed by atoms with Crippen LogP contribution in [-0.4, -0.2) is 19.8 Å². The van der Waals surface area contributed by atoms with Crippen LogP contribution in [0.15, 0.2) is 23.3 Å². The van der Waals surface area contributed by atoms with E-state index in [1.807, 2.05) is 0 Å². The van der Waals surface area contributed by atoms with Crippen molar-refractivity contribution in [2.45, 2.75) is 65.6 Å². The highest BCUT2D eigenvalue weighted by Gasteiger charge is 2.07. The molecule has 0 aromatic heterocycles. The van der Waals surface area contributed by atoms with Crippen LogP contribution in [0.2, 0.25) is 19.6 Å². The lowest BCUT2D eigenvalue weighted by Crippen LogP contribution is -2.16. The van der Waals surface area contributed by atoms with Gasteiger partial charge in [-0.25, -0.2) is 0 Å². The van der Waals surface area contributed by atoms with Crippen molar-refractivity contribution in [1.29, 1.82) is 0 Å². The Balaban J connectivity index is 4.28. The van der Waals surface area contributed by atoms with E-state index in [0.717, 1.165) is 32.1 Å². The third-order valence-corrected chi connectivity index (χ3v) is 3.54. The minimum Gasteiger partial charge on any atom is -0.396 e. The van der Waals surface area contributed by atoms with E-state index in [0.29, 0.717) is 0 Å². The first-order valence-corrected chi connectivity index (χ1v) is 10.8. The molecular formula is C17H30OSi. The predicted molar refractivity (Wildman–Crippen MR) is 88.8 cm³/mol. The highest BCUT2D eigenvalue weighted by molar-refractivity contribution is 6.83. The van der Waals surface area contributed by atoms with Crippen LogP contribution < -0.4 is 0 Å². The zero-order valence-corrected chi connectivity index (χ0v) is 14.3. The van der Waals surface area contributed by atoms with Crippen molar-refractivity contribution in [3.05, 3.63) is 23.3 Å². The molecule has 1 nitrogen and oxygen atoms in total. The molecule has 0 bridgehead atoms. The minimum atomic E-state index is -1.22. The van der Waals surface area contributed by atoms with E-state index >= 15 is 0 Å². The monoisotopic (exact) mass is 278 g/mol. The molecule has 0 spiro atoms. The third-order valence-electron chi connectivity index (χ3n) is 2.61. The number of rotatable bonds is 7. The molecule has 19 heavy (non-hydrogen) atoms. The lowest BCUT2D eigenvalue weighted by Gasteiger charge is -2.06. The zero-order chi connectivity index (χ0) is 14.7. The fraction of sp³-hybridized carbons (Fsp3) is 0.647. The van der Waals surface area contributed by atoms with Gasteiger partial charge in [0, 0.05) is 13.0 Å². The molecule has 0 atom stereocenters. The van der Waals surface area contributed by atoms with Crippen LogP contribution in [0.4, 0.5) is 0 Å². The van der Waals surface area contributed by atoms with E-state index in [2.05, 4.69) is 57.1 Å². The molecule has 0 rings (SSSR count). The van der Waals surface area contributed by atoms with Crippen LogP contribution in [0, 0.1) is 11.5 Å². The third kappa shape index (κ3) is 13.4. The summed E-state index contributed by atoms with van der Waals surface area (Å²) < 4.78 is 0. The Morgan fingerprint density at radius 3 is 2.26 bits per heavy atom. The zero-order valence-electron chi connectivity index (χ0n) is 13.3. The lowest BCUT2D eigenvalue weighted by molar-refractivity contribution is 0.302. The summed E-state index contributed by atoms with van der Waals surface area (Å²) in [7, 11) is -1.22. The van der Waals surface area contributed by atoms with Gasteiger partial charge in [-0.15, -0.1) is 11.5 Å². The summed E-state index contributed by atoms with van der Waals surface area (Å²) in [6, 6.07) is 0. The Labute approximate surface area is 120 Å². The summed E-state index contributed by atoms with van der Waals surface area (Å²) in [4.78, 5) is 0. The summed E-state index contributed by atoms with van der Waals surface area (Å²) in [5, 5.41) is 8.93. The molecule has 0 aliphatic heterocycles. The number of aliphatic hydroxyl groups excluding tert-OH is 1. The summed E-state index contributed by atoms with van der Waals surface area (Å²) in [6.45, 7) is 11.3. The van der Waals surface area contributed by atoms with Crippen molar-refractivity contribution in [2.24, 2.45) is 0 Å². The first kappa shape index (κ1) is 18.2. The normalized spacial score (nSPS) is 11.8. The van der Waals surface area contributed by atoms with Gasteiger partial charge in [0.25, 0.3) is 0 Å². The van der Waals surface area contributed by atoms with Crippen molar-refractivity contribution in [3.8, 4) is 11.5 Å². The molecule has 0 aromatic rings. The second-order valence-corrected chi connectivity index (χ2v) is 11.0. The second-order valence-electron chi connectivity index (χ2n) is 6.25. The SMILES string of the molecule is CC(C)=CCC/C(=C\CCO)CCC#C[Si](C)(C)C. The van der Waals surface area contributed by atoms with Gasteiger partial charge in [-0.2, -0.15) is 0 Å². The van der Waals surface area contributed by atoms with Gasteiger partial charge in [-0.3, -0.25) is 0 Å². The van der Waals surface area contributed by atoms with Crippen molar-refractivity contribution < 1.29 is 5.11 Å². The van der Waals surface area contributed by atoms with Gasteiger partial charge in [0.05, 0.1) is 0 Å². The molecule has 0 saturated carbocycles. The molecule has 0 fully saturated rings. The molecule has 0 aliphatic rings. The molecule has 108 valence electrons. The summed E-state index contributed by atoms with van der Waals surface area (Å²) >= 11 is 0. The fourth-order valence-corrected chi connectivity index (χ4v) is 2.35. The molecule has 2 heteroatoms. The molecular weight excluding hydrogens is 248 g/mol. The molecule has 0 saturated heterocycles. The largest absolute Gasteiger partial charge is 0.396 e. The Hall–Kier alpha value is -0.783. The Bertz CT molecular complexity index is 357. The van der Waals surface area contributed by atoms with Gasteiger partial charge in [0.1, 0.15) is 8.07 Å². The highest BCUT2D eigenvalue weighted by atomic mass is 28.3. The van der Waals surface area contributed by atoms with Gasteiger partial charge in [0.15, 0.2) is 0 Å². The van der Waals surface area contributed by atoms with Gasteiger partial charge < -0.3 is 5.11 Å². The van der Waals surface area contributed by atoms with Gasteiger partial charge >= 0.3 is 0 Å². The first-order valence-electron chi connectivity index (χ1n) is 7.27. The lowest BCUT2D eigenvalue weighted by atomic mass is 10.0. The van der Waals surface area contributed by atoms with Crippen LogP contribution in [0.3, 0.4) is 0 Å². The average molecular weight is 279 g/mol. The number of allylic oxidation sites excluding steroid dienone is 3. The number of aliphatic hydroxyl groups is 1. The second kappa shape index (κ2) is 10.1. The van der Waals surface area contributed by atoms with Crippen molar-refractivity contribution in [1.82, 2.24) is 0 Å². The first-order chi connectivity index (χ1) is 8.85. The molecule has 0 aromatic carbocycles. The summed E-state index contributed by atoms with van der Waals surface area (Å²) in [5.74, 6) is 3.32. The van der Waals surface area contributed by atoms with E-state index in [-0.39, 0.29) is 6.61 Å². The molecule has 0 amide bonds. The van der Waals surface area contributed by atoms with E-state index in [4.69, 9.17) is 5.11 Å². The summed E-state index contributed by atoms with van der Waals surface area (Å²) in [6.07, 6.45) is 9.44. The van der Waals surface area contributed by atoms with Crippen LogP contribution in [0.1, 0.15) is 46.0 Å². The topological polar surface area (TPSA) is 20.2 Å². The molecule has 0 aliphatic carbocycles. The Morgan fingerprint density at radius 2 is 1.74 bits per heavy atom. The fourth-order valence-electron chi connectivity index (χ4n) is 1.69. The standard InChI is InChI=1S/C17H30OSi/c1-16(2)10-8-12-17(13-9-14-18)11-6-7-15-19(3,4)5/h10,13,18H,6,8-9,11-12,14H2,1-5H3/b17-13-. The van der Waals surface area contributed by atoms with Crippen LogP contribution in [0.5, 0.6) is 0 Å². The Morgan fingerprint density at radius 1 is 1.05 bits per heavy atom.